The second kappa shape index (κ2) is 7.87. The smallest absolute Gasteiger partial charge is 0.223 e. The molecule has 1 fully saturated rings. The van der Waals surface area contributed by atoms with E-state index in [9.17, 15) is 0 Å². The molecule has 0 amide bonds. The van der Waals surface area contributed by atoms with Crippen molar-refractivity contribution in [2.45, 2.75) is 32.2 Å². The first-order valence-electron chi connectivity index (χ1n) is 9.77. The molecule has 2 aromatic heterocycles. The van der Waals surface area contributed by atoms with Crippen LogP contribution >= 0.6 is 12.4 Å². The summed E-state index contributed by atoms with van der Waals surface area (Å²) in [6.45, 7) is 4.29. The van der Waals surface area contributed by atoms with Gasteiger partial charge >= 0.3 is 0 Å². The van der Waals surface area contributed by atoms with Crippen LogP contribution in [0.25, 0.3) is 22.2 Å². The van der Waals surface area contributed by atoms with Gasteiger partial charge in [-0.25, -0.2) is 9.97 Å². The summed E-state index contributed by atoms with van der Waals surface area (Å²) in [4.78, 5) is 9.27. The lowest BCUT2D eigenvalue weighted by Gasteiger charge is -2.22. The molecule has 27 heavy (non-hydrogen) atoms. The number of benzene rings is 1. The third kappa shape index (κ3) is 3.54. The van der Waals surface area contributed by atoms with Crippen molar-refractivity contribution in [3.05, 3.63) is 42.2 Å². The molecule has 142 valence electrons. The molecular weight excluding hydrogens is 358 g/mol. The molecule has 5 rings (SSSR count). The van der Waals surface area contributed by atoms with Crippen LogP contribution in [-0.4, -0.2) is 34.2 Å². The van der Waals surface area contributed by atoms with Crippen LogP contribution in [0.3, 0.4) is 0 Å². The molecule has 1 aromatic carbocycles. The van der Waals surface area contributed by atoms with Crippen molar-refractivity contribution >= 4 is 29.3 Å². The maximum Gasteiger partial charge on any atom is 0.223 e. The van der Waals surface area contributed by atoms with Crippen molar-refractivity contribution in [1.82, 2.24) is 19.9 Å². The maximum atomic E-state index is 4.82. The quantitative estimate of drug-likeness (QED) is 0.717. The summed E-state index contributed by atoms with van der Waals surface area (Å²) in [6.07, 6.45) is 8.98. The number of hydrogen-bond acceptors (Lipinski definition) is 4. The zero-order valence-electron chi connectivity index (χ0n) is 15.4. The van der Waals surface area contributed by atoms with E-state index in [0.717, 1.165) is 37.8 Å². The van der Waals surface area contributed by atoms with E-state index in [0.29, 0.717) is 5.92 Å². The average Bonchev–Trinajstić information content (AvgIpc) is 3.09. The lowest BCUT2D eigenvalue weighted by atomic mass is 9.98. The highest BCUT2D eigenvalue weighted by Crippen LogP contribution is 2.34. The largest absolute Gasteiger partial charge is 0.354 e. The minimum atomic E-state index is 0. The minimum Gasteiger partial charge on any atom is -0.354 e. The molecule has 4 heterocycles. The van der Waals surface area contributed by atoms with E-state index in [1.54, 1.807) is 0 Å². The Morgan fingerprint density at radius 3 is 2.96 bits per heavy atom. The first-order chi connectivity index (χ1) is 12.9. The van der Waals surface area contributed by atoms with Crippen LogP contribution in [0.15, 0.2) is 36.7 Å². The average molecular weight is 384 g/mol. The van der Waals surface area contributed by atoms with Gasteiger partial charge in [-0.1, -0.05) is 18.2 Å². The zero-order chi connectivity index (χ0) is 17.3. The molecule has 2 aliphatic heterocycles. The molecule has 0 spiro atoms. The van der Waals surface area contributed by atoms with Gasteiger partial charge in [-0.2, -0.15) is 0 Å². The summed E-state index contributed by atoms with van der Waals surface area (Å²) in [5.41, 5.74) is 5.07. The highest BCUT2D eigenvalue weighted by atomic mass is 35.5. The summed E-state index contributed by atoms with van der Waals surface area (Å²) in [7, 11) is 0. The van der Waals surface area contributed by atoms with Crippen LogP contribution in [0.1, 0.15) is 24.8 Å². The van der Waals surface area contributed by atoms with Gasteiger partial charge in [0, 0.05) is 36.4 Å². The van der Waals surface area contributed by atoms with Crippen molar-refractivity contribution in [2.24, 2.45) is 5.92 Å². The fourth-order valence-corrected chi connectivity index (χ4v) is 4.38. The number of para-hydroxylation sites is 1. The number of aromatic nitrogens is 3. The number of anilines is 1. The molecular formula is C21H26ClN5. The number of rotatable bonds is 4. The van der Waals surface area contributed by atoms with E-state index in [1.165, 1.54) is 47.7 Å². The van der Waals surface area contributed by atoms with Gasteiger partial charge in [0.2, 0.25) is 5.95 Å². The molecule has 1 saturated heterocycles. The van der Waals surface area contributed by atoms with Crippen LogP contribution in [0, 0.1) is 5.92 Å². The van der Waals surface area contributed by atoms with Crippen LogP contribution in [-0.2, 0) is 13.0 Å². The number of piperidine rings is 1. The van der Waals surface area contributed by atoms with Crippen molar-refractivity contribution in [1.29, 1.82) is 0 Å². The number of hydrogen-bond donors (Lipinski definition) is 2. The molecule has 0 unspecified atom stereocenters. The molecule has 0 atom stereocenters. The molecule has 6 heteroatoms. The van der Waals surface area contributed by atoms with E-state index in [-0.39, 0.29) is 12.4 Å². The van der Waals surface area contributed by atoms with E-state index in [4.69, 9.17) is 4.98 Å². The lowest BCUT2D eigenvalue weighted by molar-refractivity contribution is 0.389. The van der Waals surface area contributed by atoms with Crippen molar-refractivity contribution < 1.29 is 0 Å². The maximum absolute atomic E-state index is 4.82. The number of nitrogens with zero attached hydrogens (tertiary/aromatic N) is 3. The summed E-state index contributed by atoms with van der Waals surface area (Å²) >= 11 is 0. The van der Waals surface area contributed by atoms with Crippen LogP contribution < -0.4 is 10.6 Å². The van der Waals surface area contributed by atoms with Gasteiger partial charge in [-0.15, -0.1) is 12.4 Å². The van der Waals surface area contributed by atoms with Crippen LogP contribution in [0.4, 0.5) is 5.95 Å². The topological polar surface area (TPSA) is 54.8 Å². The fraction of sp³-hybridized carbons (Fsp3) is 0.429. The van der Waals surface area contributed by atoms with Gasteiger partial charge in [-0.3, -0.25) is 0 Å². The highest BCUT2D eigenvalue weighted by Gasteiger charge is 2.18. The van der Waals surface area contributed by atoms with Gasteiger partial charge in [0.1, 0.15) is 0 Å². The predicted octanol–water partition coefficient (Wildman–Crippen LogP) is 3.88. The zero-order valence-corrected chi connectivity index (χ0v) is 16.3. The summed E-state index contributed by atoms with van der Waals surface area (Å²) in [5.74, 6) is 1.45. The van der Waals surface area contributed by atoms with E-state index in [1.807, 2.05) is 12.3 Å². The van der Waals surface area contributed by atoms with Gasteiger partial charge < -0.3 is 15.2 Å². The monoisotopic (exact) mass is 383 g/mol. The van der Waals surface area contributed by atoms with Gasteiger partial charge in [0.25, 0.3) is 0 Å². The van der Waals surface area contributed by atoms with Gasteiger partial charge in [0.05, 0.1) is 11.2 Å². The fourth-order valence-electron chi connectivity index (χ4n) is 4.38. The van der Waals surface area contributed by atoms with Crippen LogP contribution in [0.5, 0.6) is 0 Å². The van der Waals surface area contributed by atoms with Gasteiger partial charge in [0.15, 0.2) is 0 Å². The van der Waals surface area contributed by atoms with Crippen molar-refractivity contribution in [3.63, 3.8) is 0 Å². The molecule has 2 aliphatic rings. The Morgan fingerprint density at radius 1 is 1.19 bits per heavy atom. The molecule has 3 aromatic rings. The normalized spacial score (nSPS) is 16.9. The lowest BCUT2D eigenvalue weighted by Crippen LogP contribution is -2.31. The van der Waals surface area contributed by atoms with Crippen molar-refractivity contribution in [3.8, 4) is 11.3 Å². The first kappa shape index (κ1) is 18.3. The second-order valence-corrected chi connectivity index (χ2v) is 7.49. The molecule has 0 saturated carbocycles. The van der Waals surface area contributed by atoms with E-state index < -0.39 is 0 Å². The summed E-state index contributed by atoms with van der Waals surface area (Å²) < 4.78 is 2.40. The Kier molecular flexibility index (Phi) is 5.32. The molecule has 5 nitrogen and oxygen atoms in total. The third-order valence-corrected chi connectivity index (χ3v) is 5.77. The molecule has 2 N–H and O–H groups in total. The van der Waals surface area contributed by atoms with Gasteiger partial charge in [-0.05, 0) is 56.3 Å². The Bertz CT molecular complexity index is 929. The molecule has 0 radical (unpaired) electrons. The van der Waals surface area contributed by atoms with E-state index >= 15 is 0 Å². The van der Waals surface area contributed by atoms with Crippen molar-refractivity contribution in [2.75, 3.05) is 25.0 Å². The minimum absolute atomic E-state index is 0. The number of nitrogens with one attached hydrogen (secondary N) is 2. The van der Waals surface area contributed by atoms with E-state index in [2.05, 4.69) is 44.6 Å². The Hall–Kier alpha value is -2.11. The molecule has 0 aliphatic carbocycles. The standard InChI is InChI=1S/C21H25N5.ClH/c1-3-16-4-2-12-26-14-18(17(5-1)20(16)26)19-8-11-23-21(25-19)24-13-15-6-9-22-10-7-15;/h1,3,5,8,11,14-15,22H,2,4,6-7,9-10,12-13H2,(H,23,24,25);1H. The summed E-state index contributed by atoms with van der Waals surface area (Å²) in [5, 5.41) is 8.19. The number of aryl methyl sites for hydroxylation is 2. The third-order valence-electron chi connectivity index (χ3n) is 5.77. The Morgan fingerprint density at radius 2 is 2.07 bits per heavy atom. The highest BCUT2D eigenvalue weighted by molar-refractivity contribution is 5.97. The predicted molar refractivity (Wildman–Crippen MR) is 113 cm³/mol. The number of halogens is 1. The second-order valence-electron chi connectivity index (χ2n) is 7.49. The SMILES string of the molecule is Cl.c1cc2c3c(c1)c(-c1ccnc(NCC4CCNCC4)n1)cn3CCC2. The summed E-state index contributed by atoms with van der Waals surface area (Å²) in [6, 6.07) is 8.68. The Balaban J connectivity index is 0.00000180. The Labute approximate surface area is 166 Å². The van der Waals surface area contributed by atoms with Crippen LogP contribution in [0.2, 0.25) is 0 Å². The molecule has 0 bridgehead atoms. The first-order valence-corrected chi connectivity index (χ1v) is 9.77.